The van der Waals surface area contributed by atoms with E-state index >= 15 is 0 Å². The molecule has 0 aliphatic rings. The van der Waals surface area contributed by atoms with Crippen molar-refractivity contribution in [2.75, 3.05) is 11.6 Å². The molecule has 0 bridgehead atoms. The predicted molar refractivity (Wildman–Crippen MR) is 119 cm³/mol. The number of carboxylic acids is 1. The Balaban J connectivity index is 1.71. The van der Waals surface area contributed by atoms with Crippen molar-refractivity contribution in [3.05, 3.63) is 81.8 Å². The Bertz CT molecular complexity index is 1070. The number of carbonyl (C=O) groups is 2. The molecule has 8 heteroatoms. The fourth-order valence-electron chi connectivity index (χ4n) is 2.82. The SMILES string of the molecule is CSc1nc(Cc2ccc(NC(=O)c3ccc(C)cc3)cc2)nc(Cl)c1CC(=O)O. The molecule has 0 saturated heterocycles. The number of aryl methyl sites for hydroxylation is 1. The third-order valence-electron chi connectivity index (χ3n) is 4.37. The molecule has 6 nitrogen and oxygen atoms in total. The molecule has 0 aliphatic heterocycles. The molecule has 3 rings (SSSR count). The van der Waals surface area contributed by atoms with E-state index in [0.717, 1.165) is 11.1 Å². The van der Waals surface area contributed by atoms with Crippen molar-refractivity contribution >= 4 is 40.9 Å². The van der Waals surface area contributed by atoms with Gasteiger partial charge in [-0.3, -0.25) is 9.59 Å². The smallest absolute Gasteiger partial charge is 0.308 e. The number of aromatic nitrogens is 2. The Morgan fingerprint density at radius 2 is 1.73 bits per heavy atom. The maximum absolute atomic E-state index is 12.3. The summed E-state index contributed by atoms with van der Waals surface area (Å²) in [5.74, 6) is -0.641. The molecule has 0 saturated carbocycles. The summed E-state index contributed by atoms with van der Waals surface area (Å²) in [5, 5.41) is 12.6. The Morgan fingerprint density at radius 1 is 1.07 bits per heavy atom. The minimum atomic E-state index is -0.980. The van der Waals surface area contributed by atoms with E-state index in [-0.39, 0.29) is 17.5 Å². The Hall–Kier alpha value is -2.90. The fraction of sp³-hybridized carbons (Fsp3) is 0.182. The van der Waals surface area contributed by atoms with Crippen LogP contribution in [0.25, 0.3) is 0 Å². The van der Waals surface area contributed by atoms with Gasteiger partial charge < -0.3 is 10.4 Å². The van der Waals surface area contributed by atoms with Gasteiger partial charge in [-0.05, 0) is 43.0 Å². The third kappa shape index (κ3) is 5.58. The molecular formula is C22H20ClN3O3S. The van der Waals surface area contributed by atoms with E-state index in [1.807, 2.05) is 49.6 Å². The van der Waals surface area contributed by atoms with E-state index in [0.29, 0.717) is 34.1 Å². The number of amides is 1. The molecule has 0 atom stereocenters. The van der Waals surface area contributed by atoms with Gasteiger partial charge in [-0.25, -0.2) is 9.97 Å². The van der Waals surface area contributed by atoms with Crippen molar-refractivity contribution in [1.82, 2.24) is 9.97 Å². The number of hydrogen-bond donors (Lipinski definition) is 2. The topological polar surface area (TPSA) is 92.2 Å². The van der Waals surface area contributed by atoms with E-state index in [4.69, 9.17) is 16.7 Å². The summed E-state index contributed by atoms with van der Waals surface area (Å²) in [6, 6.07) is 14.8. The molecule has 0 unspecified atom stereocenters. The lowest BCUT2D eigenvalue weighted by atomic mass is 10.1. The summed E-state index contributed by atoms with van der Waals surface area (Å²) < 4.78 is 0. The number of rotatable bonds is 7. The van der Waals surface area contributed by atoms with Gasteiger partial charge in [-0.2, -0.15) is 0 Å². The highest BCUT2D eigenvalue weighted by Crippen LogP contribution is 2.25. The molecule has 1 amide bonds. The molecule has 0 radical (unpaired) electrons. The molecule has 0 fully saturated rings. The van der Waals surface area contributed by atoms with Crippen LogP contribution in [-0.4, -0.2) is 33.2 Å². The van der Waals surface area contributed by atoms with Crippen molar-refractivity contribution in [2.24, 2.45) is 0 Å². The van der Waals surface area contributed by atoms with Gasteiger partial charge >= 0.3 is 5.97 Å². The monoisotopic (exact) mass is 441 g/mol. The third-order valence-corrected chi connectivity index (χ3v) is 5.41. The number of carboxylic acid groups (broad SMARTS) is 1. The number of nitrogens with one attached hydrogen (secondary N) is 1. The van der Waals surface area contributed by atoms with Crippen LogP contribution >= 0.6 is 23.4 Å². The molecule has 2 N–H and O–H groups in total. The second-order valence-electron chi connectivity index (χ2n) is 6.68. The summed E-state index contributed by atoms with van der Waals surface area (Å²) in [4.78, 5) is 32.1. The maximum atomic E-state index is 12.3. The summed E-state index contributed by atoms with van der Waals surface area (Å²) in [5.41, 5.74) is 3.74. The lowest BCUT2D eigenvalue weighted by Gasteiger charge is -2.10. The van der Waals surface area contributed by atoms with Crippen LogP contribution in [0.1, 0.15) is 32.9 Å². The Kier molecular flexibility index (Phi) is 7.07. The van der Waals surface area contributed by atoms with Crippen molar-refractivity contribution in [3.63, 3.8) is 0 Å². The minimum Gasteiger partial charge on any atom is -0.481 e. The Morgan fingerprint density at radius 3 is 2.33 bits per heavy atom. The highest BCUT2D eigenvalue weighted by Gasteiger charge is 2.16. The maximum Gasteiger partial charge on any atom is 0.308 e. The quantitative estimate of drug-likeness (QED) is 0.410. The minimum absolute atomic E-state index is 0.161. The van der Waals surface area contributed by atoms with Crippen molar-refractivity contribution in [1.29, 1.82) is 0 Å². The van der Waals surface area contributed by atoms with Crippen molar-refractivity contribution < 1.29 is 14.7 Å². The average molecular weight is 442 g/mol. The number of halogens is 1. The second-order valence-corrected chi connectivity index (χ2v) is 7.84. The second kappa shape index (κ2) is 9.73. The van der Waals surface area contributed by atoms with Crippen LogP contribution in [0.2, 0.25) is 5.15 Å². The van der Waals surface area contributed by atoms with Crippen LogP contribution in [-0.2, 0) is 17.6 Å². The molecule has 154 valence electrons. The number of benzene rings is 2. The lowest BCUT2D eigenvalue weighted by molar-refractivity contribution is -0.136. The average Bonchev–Trinajstić information content (AvgIpc) is 2.71. The number of nitrogens with zero attached hydrogens (tertiary/aromatic N) is 2. The number of aliphatic carboxylic acids is 1. The van der Waals surface area contributed by atoms with E-state index in [1.54, 1.807) is 12.1 Å². The largest absolute Gasteiger partial charge is 0.481 e. The molecule has 1 heterocycles. The van der Waals surface area contributed by atoms with Crippen LogP contribution in [0.3, 0.4) is 0 Å². The zero-order valence-electron chi connectivity index (χ0n) is 16.5. The van der Waals surface area contributed by atoms with Crippen LogP contribution < -0.4 is 5.32 Å². The molecule has 0 aliphatic carbocycles. The van der Waals surface area contributed by atoms with Crippen LogP contribution in [0, 0.1) is 6.92 Å². The number of thioether (sulfide) groups is 1. The highest BCUT2D eigenvalue weighted by molar-refractivity contribution is 7.98. The van der Waals surface area contributed by atoms with Crippen LogP contribution in [0.4, 0.5) is 5.69 Å². The zero-order chi connectivity index (χ0) is 21.7. The fourth-order valence-corrected chi connectivity index (χ4v) is 3.74. The molecule has 3 aromatic rings. The molecular weight excluding hydrogens is 422 g/mol. The van der Waals surface area contributed by atoms with E-state index in [9.17, 15) is 9.59 Å². The molecule has 2 aromatic carbocycles. The van der Waals surface area contributed by atoms with Gasteiger partial charge in [-0.1, -0.05) is 41.4 Å². The van der Waals surface area contributed by atoms with E-state index in [2.05, 4.69) is 15.3 Å². The van der Waals surface area contributed by atoms with E-state index in [1.165, 1.54) is 11.8 Å². The van der Waals surface area contributed by atoms with Gasteiger partial charge in [0.2, 0.25) is 0 Å². The van der Waals surface area contributed by atoms with Gasteiger partial charge in [0, 0.05) is 23.2 Å². The van der Waals surface area contributed by atoms with Crippen molar-refractivity contribution in [2.45, 2.75) is 24.8 Å². The predicted octanol–water partition coefficient (Wildman–Crippen LogP) is 4.63. The molecule has 0 spiro atoms. The van der Waals surface area contributed by atoms with Gasteiger partial charge in [0.25, 0.3) is 5.91 Å². The first-order valence-corrected chi connectivity index (χ1v) is 10.7. The normalized spacial score (nSPS) is 10.6. The first-order chi connectivity index (χ1) is 14.4. The number of carbonyl (C=O) groups excluding carboxylic acids is 1. The van der Waals surface area contributed by atoms with Gasteiger partial charge in [-0.15, -0.1) is 11.8 Å². The number of hydrogen-bond acceptors (Lipinski definition) is 5. The number of anilines is 1. The van der Waals surface area contributed by atoms with Gasteiger partial charge in [0.05, 0.1) is 6.42 Å². The standard InChI is InChI=1S/C22H20ClN3O3S/c1-13-3-7-15(8-4-13)21(29)24-16-9-5-14(6-10-16)11-18-25-20(23)17(12-19(27)28)22(26-18)30-2/h3-10H,11-12H2,1-2H3,(H,24,29)(H,27,28). The summed E-state index contributed by atoms with van der Waals surface area (Å²) in [6.45, 7) is 1.97. The van der Waals surface area contributed by atoms with Crippen LogP contribution in [0.5, 0.6) is 0 Å². The zero-order valence-corrected chi connectivity index (χ0v) is 18.0. The lowest BCUT2D eigenvalue weighted by Crippen LogP contribution is -2.11. The first kappa shape index (κ1) is 21.8. The van der Waals surface area contributed by atoms with Gasteiger partial charge in [0.15, 0.2) is 0 Å². The summed E-state index contributed by atoms with van der Waals surface area (Å²) >= 11 is 7.54. The highest BCUT2D eigenvalue weighted by atomic mass is 35.5. The van der Waals surface area contributed by atoms with E-state index < -0.39 is 5.97 Å². The van der Waals surface area contributed by atoms with Crippen LogP contribution in [0.15, 0.2) is 53.6 Å². The molecule has 1 aromatic heterocycles. The van der Waals surface area contributed by atoms with Gasteiger partial charge in [0.1, 0.15) is 16.0 Å². The first-order valence-electron chi connectivity index (χ1n) is 9.13. The summed E-state index contributed by atoms with van der Waals surface area (Å²) in [6.07, 6.45) is 2.04. The molecule has 30 heavy (non-hydrogen) atoms. The summed E-state index contributed by atoms with van der Waals surface area (Å²) in [7, 11) is 0. The van der Waals surface area contributed by atoms with Crippen molar-refractivity contribution in [3.8, 4) is 0 Å². The Labute approximate surface area is 183 Å².